The molecule has 3 nitrogen and oxygen atoms in total. The first-order valence-electron chi connectivity index (χ1n) is 7.60. The van der Waals surface area contributed by atoms with Crippen LogP contribution in [-0.4, -0.2) is 26.7 Å². The molecule has 2 N–H and O–H groups in total. The summed E-state index contributed by atoms with van der Waals surface area (Å²) in [4.78, 5) is 7.62. The maximum absolute atomic E-state index is 6.13. The molecule has 1 aliphatic heterocycles. The second kappa shape index (κ2) is 6.08. The molecule has 2 aromatic rings. The summed E-state index contributed by atoms with van der Waals surface area (Å²) < 4.78 is 0. The van der Waals surface area contributed by atoms with Crippen LogP contribution in [0, 0.1) is 0 Å². The predicted octanol–water partition coefficient (Wildman–Crippen LogP) is 3.27. The van der Waals surface area contributed by atoms with Crippen molar-refractivity contribution in [2.45, 2.75) is 19.4 Å². The Labute approximate surface area is 131 Å². The first-order valence-corrected chi connectivity index (χ1v) is 8.41. The van der Waals surface area contributed by atoms with Crippen LogP contribution >= 0.6 is 11.3 Å². The third-order valence-corrected chi connectivity index (χ3v) is 5.57. The highest BCUT2D eigenvalue weighted by Crippen LogP contribution is 2.38. The van der Waals surface area contributed by atoms with E-state index in [1.165, 1.54) is 21.1 Å². The van der Waals surface area contributed by atoms with E-state index in [-0.39, 0.29) is 6.04 Å². The number of likely N-dealkylation sites (N-methyl/N-ethyl adjacent to an activating group) is 1. The van der Waals surface area contributed by atoms with E-state index in [1.54, 1.807) is 0 Å². The van der Waals surface area contributed by atoms with Crippen molar-refractivity contribution in [3.05, 3.63) is 46.2 Å². The summed E-state index contributed by atoms with van der Waals surface area (Å²) in [6.07, 6.45) is 1.10. The fourth-order valence-corrected chi connectivity index (χ4v) is 4.09. The summed E-state index contributed by atoms with van der Waals surface area (Å²) in [5.74, 6) is 0. The maximum Gasteiger partial charge on any atom is 0.0758 e. The second-order valence-corrected chi connectivity index (χ2v) is 6.71. The van der Waals surface area contributed by atoms with Gasteiger partial charge in [0.25, 0.3) is 0 Å². The average Bonchev–Trinajstić information content (AvgIpc) is 2.99. The van der Waals surface area contributed by atoms with Gasteiger partial charge < -0.3 is 15.5 Å². The van der Waals surface area contributed by atoms with Crippen LogP contribution in [0.4, 0.5) is 11.4 Å². The predicted molar refractivity (Wildman–Crippen MR) is 92.6 cm³/mol. The molecule has 21 heavy (non-hydrogen) atoms. The van der Waals surface area contributed by atoms with Crippen LogP contribution < -0.4 is 15.5 Å². The van der Waals surface area contributed by atoms with Gasteiger partial charge in [0.1, 0.15) is 0 Å². The van der Waals surface area contributed by atoms with Crippen molar-refractivity contribution in [2.75, 3.05) is 36.5 Å². The van der Waals surface area contributed by atoms with E-state index in [4.69, 9.17) is 5.73 Å². The number of benzene rings is 1. The number of nitrogens with zero attached hydrogens (tertiary/aromatic N) is 2. The fourth-order valence-electron chi connectivity index (χ4n) is 3.01. The van der Waals surface area contributed by atoms with E-state index in [1.807, 2.05) is 11.3 Å². The highest BCUT2D eigenvalue weighted by molar-refractivity contribution is 7.12. The molecule has 3 rings (SSSR count). The Hall–Kier alpha value is -1.52. The maximum atomic E-state index is 6.13. The monoisotopic (exact) mass is 301 g/mol. The minimum absolute atomic E-state index is 0.283. The quantitative estimate of drug-likeness (QED) is 0.941. The Bertz CT molecular complexity index is 608. The molecule has 2 heterocycles. The highest BCUT2D eigenvalue weighted by Gasteiger charge is 2.27. The third-order valence-electron chi connectivity index (χ3n) is 4.24. The Morgan fingerprint density at radius 1 is 1.14 bits per heavy atom. The summed E-state index contributed by atoms with van der Waals surface area (Å²) in [6, 6.07) is 13.4. The number of rotatable bonds is 4. The van der Waals surface area contributed by atoms with Gasteiger partial charge in [-0.3, -0.25) is 0 Å². The summed E-state index contributed by atoms with van der Waals surface area (Å²) in [7, 11) is 2.16. The van der Waals surface area contributed by atoms with Crippen molar-refractivity contribution in [1.29, 1.82) is 0 Å². The molecule has 1 aliphatic rings. The molecule has 112 valence electrons. The lowest BCUT2D eigenvalue weighted by atomic mass is 10.1. The molecule has 1 atom stereocenters. The van der Waals surface area contributed by atoms with Gasteiger partial charge in [-0.15, -0.1) is 11.3 Å². The lowest BCUT2D eigenvalue weighted by Gasteiger charge is -2.41. The lowest BCUT2D eigenvalue weighted by Crippen LogP contribution is -2.43. The smallest absolute Gasteiger partial charge is 0.0758 e. The molecular weight excluding hydrogens is 278 g/mol. The standard InChI is InChI=1S/C17H23N3S/c1-3-13-8-9-17(21-13)16(12-18)20-11-10-19(2)14-6-4-5-7-15(14)20/h4-9,16H,3,10-12,18H2,1-2H3. The first-order chi connectivity index (χ1) is 10.2. The number of nitrogens with two attached hydrogens (primary N) is 1. The summed E-state index contributed by atoms with van der Waals surface area (Å²) in [6.45, 7) is 4.92. The van der Waals surface area contributed by atoms with Gasteiger partial charge in [-0.1, -0.05) is 19.1 Å². The van der Waals surface area contributed by atoms with E-state index in [9.17, 15) is 0 Å². The molecular formula is C17H23N3S. The fraction of sp³-hybridized carbons (Fsp3) is 0.412. The van der Waals surface area contributed by atoms with Crippen LogP contribution in [0.1, 0.15) is 22.7 Å². The molecule has 0 spiro atoms. The molecule has 1 unspecified atom stereocenters. The van der Waals surface area contributed by atoms with Gasteiger partial charge in [-0.2, -0.15) is 0 Å². The number of hydrogen-bond donors (Lipinski definition) is 1. The van der Waals surface area contributed by atoms with E-state index >= 15 is 0 Å². The van der Waals surface area contributed by atoms with Gasteiger partial charge in [-0.25, -0.2) is 0 Å². The zero-order valence-electron chi connectivity index (χ0n) is 12.7. The van der Waals surface area contributed by atoms with Crippen LogP contribution in [-0.2, 0) is 6.42 Å². The average molecular weight is 301 g/mol. The van der Waals surface area contributed by atoms with Gasteiger partial charge in [0.15, 0.2) is 0 Å². The normalized spacial score (nSPS) is 16.0. The Kier molecular flexibility index (Phi) is 4.17. The van der Waals surface area contributed by atoms with Crippen molar-refractivity contribution >= 4 is 22.7 Å². The summed E-state index contributed by atoms with van der Waals surface area (Å²) in [5.41, 5.74) is 8.73. The van der Waals surface area contributed by atoms with E-state index in [0.29, 0.717) is 6.54 Å². The first kappa shape index (κ1) is 14.4. The van der Waals surface area contributed by atoms with Gasteiger partial charge >= 0.3 is 0 Å². The molecule has 0 saturated heterocycles. The molecule has 1 aromatic carbocycles. The molecule has 0 amide bonds. The van der Waals surface area contributed by atoms with E-state index in [2.05, 4.69) is 60.2 Å². The minimum Gasteiger partial charge on any atom is -0.371 e. The highest BCUT2D eigenvalue weighted by atomic mass is 32.1. The van der Waals surface area contributed by atoms with E-state index in [0.717, 1.165) is 19.5 Å². The molecule has 0 radical (unpaired) electrons. The zero-order chi connectivity index (χ0) is 14.8. The molecule has 4 heteroatoms. The van der Waals surface area contributed by atoms with Gasteiger partial charge in [0.05, 0.1) is 17.4 Å². The summed E-state index contributed by atoms with van der Waals surface area (Å²) in [5, 5.41) is 0. The number of anilines is 2. The van der Waals surface area contributed by atoms with Crippen LogP contribution in [0.5, 0.6) is 0 Å². The molecule has 0 saturated carbocycles. The van der Waals surface area contributed by atoms with Crippen LogP contribution in [0.2, 0.25) is 0 Å². The summed E-state index contributed by atoms with van der Waals surface area (Å²) >= 11 is 1.90. The second-order valence-electron chi connectivity index (χ2n) is 5.51. The molecule has 0 bridgehead atoms. The largest absolute Gasteiger partial charge is 0.371 e. The SMILES string of the molecule is CCc1ccc(C(CN)N2CCN(C)c3ccccc32)s1. The Morgan fingerprint density at radius 3 is 2.57 bits per heavy atom. The molecule has 0 fully saturated rings. The molecule has 0 aliphatic carbocycles. The van der Waals surface area contributed by atoms with Crippen molar-refractivity contribution in [3.8, 4) is 0 Å². The number of hydrogen-bond acceptors (Lipinski definition) is 4. The van der Waals surface area contributed by atoms with Crippen molar-refractivity contribution in [3.63, 3.8) is 0 Å². The minimum atomic E-state index is 0.283. The number of para-hydroxylation sites is 2. The van der Waals surface area contributed by atoms with Crippen molar-refractivity contribution < 1.29 is 0 Å². The third kappa shape index (κ3) is 2.65. The Balaban J connectivity index is 1.96. The lowest BCUT2D eigenvalue weighted by molar-refractivity contribution is 0.618. The van der Waals surface area contributed by atoms with Crippen molar-refractivity contribution in [1.82, 2.24) is 0 Å². The van der Waals surface area contributed by atoms with Crippen LogP contribution in [0.25, 0.3) is 0 Å². The Morgan fingerprint density at radius 2 is 1.90 bits per heavy atom. The molecule has 1 aromatic heterocycles. The van der Waals surface area contributed by atoms with Gasteiger partial charge in [0.2, 0.25) is 0 Å². The van der Waals surface area contributed by atoms with Gasteiger partial charge in [0, 0.05) is 36.4 Å². The number of thiophene rings is 1. The van der Waals surface area contributed by atoms with Crippen molar-refractivity contribution in [2.24, 2.45) is 5.73 Å². The number of aryl methyl sites for hydroxylation is 1. The number of fused-ring (bicyclic) bond motifs is 1. The zero-order valence-corrected chi connectivity index (χ0v) is 13.6. The van der Waals surface area contributed by atoms with Gasteiger partial charge in [-0.05, 0) is 30.7 Å². The van der Waals surface area contributed by atoms with E-state index < -0.39 is 0 Å². The topological polar surface area (TPSA) is 32.5 Å². The van der Waals surface area contributed by atoms with Crippen LogP contribution in [0.15, 0.2) is 36.4 Å². The van der Waals surface area contributed by atoms with Crippen LogP contribution in [0.3, 0.4) is 0 Å².